The Morgan fingerprint density at radius 3 is 2.59 bits per heavy atom. The molecule has 0 aromatic carbocycles. The maximum Gasteiger partial charge on any atom is 0.111 e. The van der Waals surface area contributed by atoms with E-state index in [2.05, 4.69) is 37.4 Å². The minimum absolute atomic E-state index is 0.223. The monoisotopic (exact) mass is 236 g/mol. The zero-order valence-electron chi connectivity index (χ0n) is 11.2. The van der Waals surface area contributed by atoms with Crippen molar-refractivity contribution >= 4 is 0 Å². The molecule has 1 saturated carbocycles. The van der Waals surface area contributed by atoms with Gasteiger partial charge in [-0.1, -0.05) is 0 Å². The van der Waals surface area contributed by atoms with Crippen LogP contribution in [0.1, 0.15) is 31.4 Å². The Hall–Kier alpha value is -0.800. The fraction of sp³-hybridized carbons (Fsp3) is 0.714. The molecule has 1 heterocycles. The van der Waals surface area contributed by atoms with E-state index >= 15 is 0 Å². The van der Waals surface area contributed by atoms with Gasteiger partial charge in [0.2, 0.25) is 0 Å². The van der Waals surface area contributed by atoms with Crippen LogP contribution in [0.25, 0.3) is 0 Å². The van der Waals surface area contributed by atoms with Gasteiger partial charge in [0.05, 0.1) is 6.26 Å². The molecule has 0 unspecified atom stereocenters. The van der Waals surface area contributed by atoms with Crippen LogP contribution in [-0.2, 0) is 5.41 Å². The molecule has 0 amide bonds. The van der Waals surface area contributed by atoms with Crippen molar-refractivity contribution in [2.75, 3.05) is 27.7 Å². The molecule has 3 heteroatoms. The lowest BCUT2D eigenvalue weighted by Crippen LogP contribution is -2.44. The molecule has 96 valence electrons. The minimum Gasteiger partial charge on any atom is -0.469 e. The molecule has 1 aliphatic rings. The summed E-state index contributed by atoms with van der Waals surface area (Å²) in [6.07, 6.45) is 6.71. The predicted octanol–water partition coefficient (Wildman–Crippen LogP) is 2.24. The average Bonchev–Trinajstić information content (AvgIpc) is 2.83. The number of nitrogens with zero attached hydrogens (tertiary/aromatic N) is 1. The highest BCUT2D eigenvalue weighted by molar-refractivity contribution is 5.16. The number of likely N-dealkylation sites (N-methyl/N-ethyl adjacent to an activating group) is 1. The van der Waals surface area contributed by atoms with E-state index in [1.807, 2.05) is 6.07 Å². The lowest BCUT2D eigenvalue weighted by Gasteiger charge is -2.40. The molecule has 1 aliphatic carbocycles. The molecule has 0 atom stereocenters. The second kappa shape index (κ2) is 5.23. The lowest BCUT2D eigenvalue weighted by molar-refractivity contribution is 0.168. The van der Waals surface area contributed by atoms with Crippen molar-refractivity contribution in [2.45, 2.75) is 37.1 Å². The van der Waals surface area contributed by atoms with Crippen LogP contribution in [0.15, 0.2) is 22.8 Å². The summed E-state index contributed by atoms with van der Waals surface area (Å²) in [5, 5.41) is 3.40. The van der Waals surface area contributed by atoms with Gasteiger partial charge in [-0.25, -0.2) is 0 Å². The first-order chi connectivity index (χ1) is 8.16. The minimum atomic E-state index is 0.223. The fourth-order valence-electron chi connectivity index (χ4n) is 3.13. The molecule has 0 saturated heterocycles. The Bertz CT molecular complexity index is 324. The molecule has 0 radical (unpaired) electrons. The Balaban J connectivity index is 2.15. The number of rotatable bonds is 4. The fourth-order valence-corrected chi connectivity index (χ4v) is 3.13. The van der Waals surface area contributed by atoms with E-state index < -0.39 is 0 Å². The van der Waals surface area contributed by atoms with E-state index in [9.17, 15) is 0 Å². The number of nitrogens with one attached hydrogen (secondary N) is 1. The zero-order valence-corrected chi connectivity index (χ0v) is 11.2. The van der Waals surface area contributed by atoms with E-state index in [0.29, 0.717) is 6.04 Å². The molecule has 1 aromatic rings. The maximum atomic E-state index is 5.70. The van der Waals surface area contributed by atoms with Crippen LogP contribution in [0, 0.1) is 0 Å². The van der Waals surface area contributed by atoms with Gasteiger partial charge in [0.15, 0.2) is 0 Å². The molecule has 2 rings (SSSR count). The predicted molar refractivity (Wildman–Crippen MR) is 70.3 cm³/mol. The third-order valence-corrected chi connectivity index (χ3v) is 4.01. The van der Waals surface area contributed by atoms with Crippen molar-refractivity contribution < 1.29 is 4.42 Å². The summed E-state index contributed by atoms with van der Waals surface area (Å²) in [5.41, 5.74) is 0.223. The highest BCUT2D eigenvalue weighted by Crippen LogP contribution is 2.40. The lowest BCUT2D eigenvalue weighted by atomic mass is 9.70. The van der Waals surface area contributed by atoms with Gasteiger partial charge in [0.1, 0.15) is 5.76 Å². The summed E-state index contributed by atoms with van der Waals surface area (Å²) >= 11 is 0. The smallest absolute Gasteiger partial charge is 0.111 e. The largest absolute Gasteiger partial charge is 0.469 e. The Morgan fingerprint density at radius 1 is 1.41 bits per heavy atom. The number of hydrogen-bond acceptors (Lipinski definition) is 3. The van der Waals surface area contributed by atoms with Gasteiger partial charge in [-0.15, -0.1) is 0 Å². The van der Waals surface area contributed by atoms with Crippen molar-refractivity contribution in [3.05, 3.63) is 24.2 Å². The molecule has 0 bridgehead atoms. The van der Waals surface area contributed by atoms with Gasteiger partial charge in [0, 0.05) is 18.0 Å². The van der Waals surface area contributed by atoms with Crippen LogP contribution in [0.4, 0.5) is 0 Å². The normalized spacial score (nSPS) is 29.8. The molecular weight excluding hydrogens is 212 g/mol. The molecule has 1 N–H and O–H groups in total. The zero-order chi connectivity index (χ0) is 12.3. The van der Waals surface area contributed by atoms with Crippen molar-refractivity contribution in [3.63, 3.8) is 0 Å². The van der Waals surface area contributed by atoms with Crippen molar-refractivity contribution in [3.8, 4) is 0 Å². The second-order valence-electron chi connectivity index (χ2n) is 5.56. The van der Waals surface area contributed by atoms with Crippen molar-refractivity contribution in [1.29, 1.82) is 0 Å². The highest BCUT2D eigenvalue weighted by Gasteiger charge is 2.39. The van der Waals surface area contributed by atoms with E-state index in [1.54, 1.807) is 6.26 Å². The van der Waals surface area contributed by atoms with E-state index in [0.717, 1.165) is 6.54 Å². The van der Waals surface area contributed by atoms with Crippen molar-refractivity contribution in [2.24, 2.45) is 0 Å². The Kier molecular flexibility index (Phi) is 3.89. The van der Waals surface area contributed by atoms with Gasteiger partial charge < -0.3 is 14.6 Å². The molecule has 1 fully saturated rings. The van der Waals surface area contributed by atoms with Gasteiger partial charge in [0.25, 0.3) is 0 Å². The second-order valence-corrected chi connectivity index (χ2v) is 5.56. The average molecular weight is 236 g/mol. The Morgan fingerprint density at radius 2 is 2.12 bits per heavy atom. The molecule has 0 spiro atoms. The Labute approximate surface area is 104 Å². The summed E-state index contributed by atoms with van der Waals surface area (Å²) in [6, 6.07) is 4.83. The first kappa shape index (κ1) is 12.7. The van der Waals surface area contributed by atoms with Gasteiger partial charge in [-0.2, -0.15) is 0 Å². The molecular formula is C14H24N2O. The van der Waals surface area contributed by atoms with E-state index in [4.69, 9.17) is 4.42 Å². The third-order valence-electron chi connectivity index (χ3n) is 4.01. The van der Waals surface area contributed by atoms with Gasteiger partial charge >= 0.3 is 0 Å². The highest BCUT2D eigenvalue weighted by atomic mass is 16.3. The van der Waals surface area contributed by atoms with Crippen LogP contribution in [-0.4, -0.2) is 38.6 Å². The summed E-state index contributed by atoms with van der Waals surface area (Å²) in [5.74, 6) is 1.17. The third kappa shape index (κ3) is 2.72. The summed E-state index contributed by atoms with van der Waals surface area (Å²) in [7, 11) is 6.36. The van der Waals surface area contributed by atoms with Crippen LogP contribution in [0.5, 0.6) is 0 Å². The first-order valence-corrected chi connectivity index (χ1v) is 6.52. The van der Waals surface area contributed by atoms with Crippen LogP contribution in [0.3, 0.4) is 0 Å². The van der Waals surface area contributed by atoms with E-state index in [1.165, 1.54) is 31.4 Å². The van der Waals surface area contributed by atoms with Crippen LogP contribution in [0.2, 0.25) is 0 Å². The van der Waals surface area contributed by atoms with E-state index in [-0.39, 0.29) is 5.41 Å². The summed E-state index contributed by atoms with van der Waals surface area (Å²) < 4.78 is 5.70. The van der Waals surface area contributed by atoms with Gasteiger partial charge in [-0.3, -0.25) is 0 Å². The first-order valence-electron chi connectivity index (χ1n) is 6.52. The number of furan rings is 1. The SMILES string of the molecule is CNC1CCC(CN(C)C)(c2ccco2)CC1. The topological polar surface area (TPSA) is 28.4 Å². The van der Waals surface area contributed by atoms with Crippen LogP contribution >= 0.6 is 0 Å². The van der Waals surface area contributed by atoms with Crippen LogP contribution < -0.4 is 5.32 Å². The summed E-state index contributed by atoms with van der Waals surface area (Å²) in [6.45, 7) is 1.08. The quantitative estimate of drug-likeness (QED) is 0.869. The number of hydrogen-bond donors (Lipinski definition) is 1. The molecule has 0 aliphatic heterocycles. The maximum absolute atomic E-state index is 5.70. The summed E-state index contributed by atoms with van der Waals surface area (Å²) in [4.78, 5) is 2.28. The van der Waals surface area contributed by atoms with Gasteiger partial charge in [-0.05, 0) is 59.0 Å². The molecule has 3 nitrogen and oxygen atoms in total. The molecule has 1 aromatic heterocycles. The molecule has 17 heavy (non-hydrogen) atoms. The van der Waals surface area contributed by atoms with Crippen molar-refractivity contribution in [1.82, 2.24) is 10.2 Å². The standard InChI is InChI=1S/C14H24N2O/c1-15-12-6-8-14(9-7-12,11-16(2)3)13-5-4-10-17-13/h4-5,10,12,15H,6-9,11H2,1-3H3.